The first-order valence-electron chi connectivity index (χ1n) is 12.1. The zero-order chi connectivity index (χ0) is 25.1. The van der Waals surface area contributed by atoms with Crippen LogP contribution < -0.4 is 4.90 Å². The van der Waals surface area contributed by atoms with Gasteiger partial charge in [-0.25, -0.2) is 0 Å². The van der Waals surface area contributed by atoms with E-state index in [4.69, 9.17) is 5.26 Å². The molecule has 2 aliphatic rings. The van der Waals surface area contributed by atoms with Crippen LogP contribution in [0.5, 0.6) is 0 Å². The minimum Gasteiger partial charge on any atom is -0.370 e. The number of carbonyl (C=O) groups is 3. The van der Waals surface area contributed by atoms with Crippen LogP contribution in [-0.2, 0) is 6.42 Å². The zero-order valence-corrected chi connectivity index (χ0v) is 19.9. The Balaban J connectivity index is 1.26. The van der Waals surface area contributed by atoms with E-state index >= 15 is 0 Å². The topological polar surface area (TPSA) is 84.7 Å². The van der Waals surface area contributed by atoms with Gasteiger partial charge in [0, 0.05) is 44.0 Å². The number of carbonyl (C=O) groups excluding carboxylic acids is 3. The fourth-order valence-electron chi connectivity index (χ4n) is 4.82. The van der Waals surface area contributed by atoms with Crippen molar-refractivity contribution in [1.29, 1.82) is 5.26 Å². The lowest BCUT2D eigenvalue weighted by Gasteiger charge is -2.24. The van der Waals surface area contributed by atoms with Crippen molar-refractivity contribution in [2.45, 2.75) is 12.8 Å². The highest BCUT2D eigenvalue weighted by atomic mass is 16.2. The summed E-state index contributed by atoms with van der Waals surface area (Å²) in [6.45, 7) is 2.94. The summed E-state index contributed by atoms with van der Waals surface area (Å²) in [4.78, 5) is 44.5. The number of amides is 3. The van der Waals surface area contributed by atoms with Gasteiger partial charge >= 0.3 is 0 Å². The van der Waals surface area contributed by atoms with E-state index < -0.39 is 0 Å². The molecule has 0 N–H and O–H groups in total. The number of hydrogen-bond acceptors (Lipinski definition) is 5. The van der Waals surface area contributed by atoms with Gasteiger partial charge in [0.25, 0.3) is 17.7 Å². The summed E-state index contributed by atoms with van der Waals surface area (Å²) in [6, 6.07) is 24.2. The Bertz CT molecular complexity index is 1350. The van der Waals surface area contributed by atoms with Crippen molar-refractivity contribution in [3.8, 4) is 6.07 Å². The summed E-state index contributed by atoms with van der Waals surface area (Å²) in [7, 11) is 0. The molecule has 7 heteroatoms. The number of imide groups is 1. The molecule has 180 valence electrons. The highest BCUT2D eigenvalue weighted by Gasteiger charge is 2.36. The Kier molecular flexibility index (Phi) is 6.50. The van der Waals surface area contributed by atoms with Crippen LogP contribution in [0.1, 0.15) is 48.6 Å². The molecule has 0 unspecified atom stereocenters. The third kappa shape index (κ3) is 4.58. The van der Waals surface area contributed by atoms with Crippen LogP contribution in [0.25, 0.3) is 0 Å². The van der Waals surface area contributed by atoms with E-state index in [2.05, 4.69) is 11.0 Å². The monoisotopic (exact) mass is 478 g/mol. The SMILES string of the molecule is N#Cc1ccc(N2CCCN(C(=O)c3ccc4c(c3)C(=O)N(CCc3ccccc3)C4=O)CC2)cc1. The molecule has 0 spiro atoms. The fourth-order valence-corrected chi connectivity index (χ4v) is 4.82. The number of nitriles is 1. The van der Waals surface area contributed by atoms with Gasteiger partial charge in [-0.05, 0) is 60.9 Å². The van der Waals surface area contributed by atoms with E-state index in [-0.39, 0.29) is 17.7 Å². The van der Waals surface area contributed by atoms with Gasteiger partial charge < -0.3 is 9.80 Å². The Labute approximate surface area is 210 Å². The number of hydrogen-bond donors (Lipinski definition) is 0. The molecule has 2 heterocycles. The molecule has 0 bridgehead atoms. The predicted molar refractivity (Wildman–Crippen MR) is 136 cm³/mol. The van der Waals surface area contributed by atoms with Gasteiger partial charge in [-0.1, -0.05) is 30.3 Å². The van der Waals surface area contributed by atoms with E-state index in [0.717, 1.165) is 24.2 Å². The largest absolute Gasteiger partial charge is 0.370 e. The minimum absolute atomic E-state index is 0.137. The average Bonchev–Trinajstić information content (AvgIpc) is 3.07. The van der Waals surface area contributed by atoms with E-state index in [1.54, 1.807) is 35.2 Å². The Hall–Kier alpha value is -4.44. The van der Waals surface area contributed by atoms with E-state index in [0.29, 0.717) is 54.9 Å². The molecule has 0 saturated carbocycles. The predicted octanol–water partition coefficient (Wildman–Crippen LogP) is 3.75. The molecule has 0 aromatic heterocycles. The fraction of sp³-hybridized carbons (Fsp3) is 0.241. The molecule has 5 rings (SSSR count). The summed E-state index contributed by atoms with van der Waals surface area (Å²) in [5.74, 6) is -0.788. The van der Waals surface area contributed by atoms with Crippen LogP contribution in [0.3, 0.4) is 0 Å². The van der Waals surface area contributed by atoms with Gasteiger partial charge in [-0.15, -0.1) is 0 Å². The number of anilines is 1. The zero-order valence-electron chi connectivity index (χ0n) is 19.9. The number of rotatable bonds is 5. The second-order valence-electron chi connectivity index (χ2n) is 9.05. The average molecular weight is 479 g/mol. The second-order valence-corrected chi connectivity index (χ2v) is 9.05. The first-order valence-corrected chi connectivity index (χ1v) is 12.1. The maximum absolute atomic E-state index is 13.3. The van der Waals surface area contributed by atoms with Gasteiger partial charge in [0.1, 0.15) is 0 Å². The third-order valence-electron chi connectivity index (χ3n) is 6.83. The van der Waals surface area contributed by atoms with Crippen LogP contribution in [0, 0.1) is 11.3 Å². The molecule has 3 aromatic carbocycles. The molecule has 1 saturated heterocycles. The van der Waals surface area contributed by atoms with Crippen molar-refractivity contribution in [3.05, 3.63) is 101 Å². The van der Waals surface area contributed by atoms with Crippen LogP contribution in [-0.4, -0.2) is 60.2 Å². The Morgan fingerprint density at radius 3 is 2.33 bits per heavy atom. The summed E-state index contributed by atoms with van der Waals surface area (Å²) >= 11 is 0. The van der Waals surface area contributed by atoms with Crippen molar-refractivity contribution in [1.82, 2.24) is 9.80 Å². The molecule has 36 heavy (non-hydrogen) atoms. The van der Waals surface area contributed by atoms with Crippen molar-refractivity contribution in [2.75, 3.05) is 37.6 Å². The van der Waals surface area contributed by atoms with Crippen LogP contribution in [0.2, 0.25) is 0 Å². The third-order valence-corrected chi connectivity index (χ3v) is 6.83. The van der Waals surface area contributed by atoms with Crippen molar-refractivity contribution in [3.63, 3.8) is 0 Å². The van der Waals surface area contributed by atoms with Crippen molar-refractivity contribution < 1.29 is 14.4 Å². The molecule has 0 aliphatic carbocycles. The molecular weight excluding hydrogens is 452 g/mol. The Morgan fingerprint density at radius 1 is 0.833 bits per heavy atom. The molecule has 3 aromatic rings. The summed E-state index contributed by atoms with van der Waals surface area (Å²) in [5, 5.41) is 9.02. The summed E-state index contributed by atoms with van der Waals surface area (Å²) in [6.07, 6.45) is 1.39. The molecule has 1 fully saturated rings. The van der Waals surface area contributed by atoms with Crippen molar-refractivity contribution in [2.24, 2.45) is 0 Å². The van der Waals surface area contributed by atoms with Gasteiger partial charge in [-0.3, -0.25) is 19.3 Å². The molecule has 3 amide bonds. The van der Waals surface area contributed by atoms with E-state index in [1.165, 1.54) is 4.90 Å². The maximum Gasteiger partial charge on any atom is 0.261 e. The lowest BCUT2D eigenvalue weighted by molar-refractivity contribution is 0.0655. The van der Waals surface area contributed by atoms with E-state index in [1.807, 2.05) is 42.5 Å². The first-order chi connectivity index (χ1) is 17.5. The smallest absolute Gasteiger partial charge is 0.261 e. The molecule has 0 atom stereocenters. The number of nitrogens with zero attached hydrogens (tertiary/aromatic N) is 4. The maximum atomic E-state index is 13.3. The van der Waals surface area contributed by atoms with Crippen LogP contribution >= 0.6 is 0 Å². The molecular formula is C29H26N4O3. The standard InChI is InChI=1S/C29H26N4O3/c30-20-22-7-10-24(11-8-22)31-14-4-15-32(18-17-31)27(34)23-9-12-25-26(19-23)29(36)33(28(25)35)16-13-21-5-2-1-3-6-21/h1-3,5-12,19H,4,13-18H2. The van der Waals surface area contributed by atoms with Crippen molar-refractivity contribution >= 4 is 23.4 Å². The second kappa shape index (κ2) is 10.0. The van der Waals surface area contributed by atoms with E-state index in [9.17, 15) is 14.4 Å². The number of fused-ring (bicyclic) bond motifs is 1. The van der Waals surface area contributed by atoms with Crippen LogP contribution in [0.15, 0.2) is 72.8 Å². The molecule has 2 aliphatic heterocycles. The minimum atomic E-state index is -0.344. The van der Waals surface area contributed by atoms with Gasteiger partial charge in [0.15, 0.2) is 0 Å². The number of benzene rings is 3. The van der Waals surface area contributed by atoms with Gasteiger partial charge in [0.05, 0.1) is 22.8 Å². The summed E-state index contributed by atoms with van der Waals surface area (Å²) in [5.41, 5.74) is 3.78. The Morgan fingerprint density at radius 2 is 1.58 bits per heavy atom. The van der Waals surface area contributed by atoms with Crippen LogP contribution in [0.4, 0.5) is 5.69 Å². The highest BCUT2D eigenvalue weighted by molar-refractivity contribution is 6.22. The molecule has 0 radical (unpaired) electrons. The summed E-state index contributed by atoms with van der Waals surface area (Å²) < 4.78 is 0. The molecule has 7 nitrogen and oxygen atoms in total. The normalized spacial score (nSPS) is 15.5. The van der Waals surface area contributed by atoms with Gasteiger partial charge in [0.2, 0.25) is 0 Å². The quantitative estimate of drug-likeness (QED) is 0.522. The van der Waals surface area contributed by atoms with Gasteiger partial charge in [-0.2, -0.15) is 5.26 Å². The first kappa shape index (κ1) is 23.3. The lowest BCUT2D eigenvalue weighted by atomic mass is 10.0. The highest BCUT2D eigenvalue weighted by Crippen LogP contribution is 2.25. The lowest BCUT2D eigenvalue weighted by Crippen LogP contribution is -2.35.